The number of aromatic amines is 1. The third-order valence-corrected chi connectivity index (χ3v) is 6.99. The Balaban J connectivity index is 1.52. The number of rotatable bonds is 4. The molecular weight excluding hydrogens is 598 g/mol. The number of carbonyl (C=O) groups is 2. The van der Waals surface area contributed by atoms with Crippen LogP contribution in [0.25, 0.3) is 33.7 Å². The van der Waals surface area contributed by atoms with Gasteiger partial charge in [-0.25, -0.2) is 4.79 Å². The van der Waals surface area contributed by atoms with E-state index in [1.54, 1.807) is 39.0 Å². The zero-order valence-corrected chi connectivity index (χ0v) is 23.8. The summed E-state index contributed by atoms with van der Waals surface area (Å²) in [4.78, 5) is 34.1. The second-order valence-corrected chi connectivity index (χ2v) is 11.2. The van der Waals surface area contributed by atoms with E-state index in [4.69, 9.17) is 14.0 Å². The summed E-state index contributed by atoms with van der Waals surface area (Å²) in [7, 11) is 1.24. The minimum absolute atomic E-state index is 0.0150. The lowest BCUT2D eigenvalue weighted by molar-refractivity contribution is -0.143. The monoisotopic (exact) mass is 624 g/mol. The number of nitrogens with zero attached hydrogens (tertiary/aromatic N) is 3. The third kappa shape index (κ3) is 6.21. The van der Waals surface area contributed by atoms with Gasteiger partial charge >= 0.3 is 24.4 Å². The Bertz CT molecular complexity index is 1700. The van der Waals surface area contributed by atoms with Crippen LogP contribution in [-0.2, 0) is 33.0 Å². The van der Waals surface area contributed by atoms with Gasteiger partial charge in [0.2, 0.25) is 5.82 Å². The summed E-state index contributed by atoms with van der Waals surface area (Å²) < 4.78 is 95.6. The molecule has 44 heavy (non-hydrogen) atoms. The number of alkyl halides is 6. The fourth-order valence-corrected chi connectivity index (χ4v) is 5.03. The maximum Gasteiger partial charge on any atom is 0.416 e. The van der Waals surface area contributed by atoms with Gasteiger partial charge in [-0.1, -0.05) is 5.16 Å². The van der Waals surface area contributed by atoms with E-state index in [0.717, 1.165) is 5.56 Å². The quantitative estimate of drug-likeness (QED) is 0.187. The van der Waals surface area contributed by atoms with Crippen LogP contribution in [0.2, 0.25) is 0 Å². The Morgan fingerprint density at radius 3 is 2.25 bits per heavy atom. The first-order valence-corrected chi connectivity index (χ1v) is 13.3. The van der Waals surface area contributed by atoms with Crippen LogP contribution in [0.4, 0.5) is 31.1 Å². The predicted molar refractivity (Wildman–Crippen MR) is 143 cm³/mol. The van der Waals surface area contributed by atoms with Crippen LogP contribution in [0, 0.1) is 0 Å². The molecule has 1 N–H and O–H groups in total. The van der Waals surface area contributed by atoms with Crippen LogP contribution in [0.1, 0.15) is 55.6 Å². The summed E-state index contributed by atoms with van der Waals surface area (Å²) in [6.45, 7) is 5.41. The van der Waals surface area contributed by atoms with E-state index >= 15 is 0 Å². The molecule has 4 aromatic rings. The molecule has 1 aliphatic rings. The number of ether oxygens (including phenoxy) is 2. The number of benzene rings is 2. The lowest BCUT2D eigenvalue weighted by atomic mass is 9.95. The zero-order valence-electron chi connectivity index (χ0n) is 23.8. The first-order chi connectivity index (χ1) is 20.4. The Morgan fingerprint density at radius 1 is 1.00 bits per heavy atom. The summed E-state index contributed by atoms with van der Waals surface area (Å²) in [5, 5.41) is 4.49. The minimum Gasteiger partial charge on any atom is -0.469 e. The second-order valence-electron chi connectivity index (χ2n) is 11.2. The van der Waals surface area contributed by atoms with Gasteiger partial charge in [0.15, 0.2) is 0 Å². The average molecular weight is 625 g/mol. The number of hydrogen-bond donors (Lipinski definition) is 1. The van der Waals surface area contributed by atoms with Crippen LogP contribution >= 0.6 is 0 Å². The Kier molecular flexibility index (Phi) is 7.62. The van der Waals surface area contributed by atoms with Gasteiger partial charge in [0.25, 0.3) is 5.89 Å². The fraction of sp³-hybridized carbons (Fsp3) is 0.379. The van der Waals surface area contributed by atoms with Crippen LogP contribution in [0.5, 0.6) is 0 Å². The molecule has 3 heterocycles. The van der Waals surface area contributed by atoms with Crippen molar-refractivity contribution in [3.05, 3.63) is 58.8 Å². The van der Waals surface area contributed by atoms with E-state index in [1.807, 2.05) is 0 Å². The van der Waals surface area contributed by atoms with E-state index in [9.17, 15) is 35.9 Å². The van der Waals surface area contributed by atoms with Crippen molar-refractivity contribution in [2.75, 3.05) is 13.7 Å². The van der Waals surface area contributed by atoms with Gasteiger partial charge in [-0.05, 0) is 69.2 Å². The molecule has 15 heteroatoms. The highest BCUT2D eigenvalue weighted by Crippen LogP contribution is 2.40. The first-order valence-electron chi connectivity index (χ1n) is 13.3. The SMILES string of the molecule is COC(=O)CC1c2[nH]c3ccc(-c4noc(-c5cc(C(F)(F)F)cc(C(F)(F)F)c5)n4)cc3c2CCN1C(=O)OC(C)(C)C. The van der Waals surface area contributed by atoms with Crippen molar-refractivity contribution in [3.8, 4) is 22.8 Å². The lowest BCUT2D eigenvalue weighted by Crippen LogP contribution is -2.43. The average Bonchev–Trinajstić information content (AvgIpc) is 3.56. The highest BCUT2D eigenvalue weighted by molar-refractivity contribution is 5.89. The molecule has 5 rings (SSSR count). The summed E-state index contributed by atoms with van der Waals surface area (Å²) in [6, 6.07) is 5.27. The molecule has 1 amide bonds. The normalized spacial score (nSPS) is 15.8. The highest BCUT2D eigenvalue weighted by atomic mass is 19.4. The number of nitrogens with one attached hydrogen (secondary N) is 1. The van der Waals surface area contributed by atoms with E-state index in [0.29, 0.717) is 40.7 Å². The summed E-state index contributed by atoms with van der Waals surface area (Å²) >= 11 is 0. The molecule has 0 radical (unpaired) electrons. The van der Waals surface area contributed by atoms with E-state index in [2.05, 4.69) is 15.1 Å². The Hall–Kier alpha value is -4.56. The molecule has 0 fully saturated rings. The molecule has 1 unspecified atom stereocenters. The first kappa shape index (κ1) is 30.9. The van der Waals surface area contributed by atoms with Gasteiger partial charge in [-0.2, -0.15) is 31.3 Å². The second kappa shape index (κ2) is 10.9. The minimum atomic E-state index is -5.04. The van der Waals surface area contributed by atoms with Crippen LogP contribution in [0.3, 0.4) is 0 Å². The Labute approximate surface area is 246 Å². The van der Waals surface area contributed by atoms with Crippen molar-refractivity contribution >= 4 is 23.0 Å². The van der Waals surface area contributed by atoms with E-state index in [-0.39, 0.29) is 24.9 Å². The molecule has 9 nitrogen and oxygen atoms in total. The number of methoxy groups -OCH3 is 1. The van der Waals surface area contributed by atoms with E-state index in [1.165, 1.54) is 12.0 Å². The Morgan fingerprint density at radius 2 is 1.66 bits per heavy atom. The predicted octanol–water partition coefficient (Wildman–Crippen LogP) is 7.32. The van der Waals surface area contributed by atoms with Crippen LogP contribution < -0.4 is 0 Å². The molecule has 0 aliphatic carbocycles. The highest BCUT2D eigenvalue weighted by Gasteiger charge is 2.39. The topological polar surface area (TPSA) is 111 Å². The maximum atomic E-state index is 13.3. The van der Waals surface area contributed by atoms with Crippen molar-refractivity contribution in [1.29, 1.82) is 0 Å². The zero-order chi connectivity index (χ0) is 32.2. The van der Waals surface area contributed by atoms with Gasteiger partial charge in [0, 0.05) is 34.3 Å². The van der Waals surface area contributed by atoms with Gasteiger partial charge < -0.3 is 19.0 Å². The molecule has 0 bridgehead atoms. The van der Waals surface area contributed by atoms with Crippen LogP contribution in [0.15, 0.2) is 40.9 Å². The molecule has 0 saturated heterocycles. The summed E-state index contributed by atoms with van der Waals surface area (Å²) in [6.07, 6.45) is -10.4. The largest absolute Gasteiger partial charge is 0.469 e. The number of carbonyl (C=O) groups excluding carboxylic acids is 2. The van der Waals surface area contributed by atoms with Gasteiger partial charge in [0.1, 0.15) is 5.60 Å². The summed E-state index contributed by atoms with van der Waals surface area (Å²) in [5.41, 5.74) is -1.92. The third-order valence-electron chi connectivity index (χ3n) is 6.99. The van der Waals surface area contributed by atoms with Crippen molar-refractivity contribution < 1.29 is 49.9 Å². The number of halogens is 6. The molecular formula is C29H26F6N4O5. The lowest BCUT2D eigenvalue weighted by Gasteiger charge is -2.36. The molecule has 0 saturated carbocycles. The molecule has 1 aliphatic heterocycles. The van der Waals surface area contributed by atoms with Gasteiger partial charge in [-0.3, -0.25) is 9.69 Å². The number of esters is 1. The number of aromatic nitrogens is 3. The maximum absolute atomic E-state index is 13.3. The van der Waals surface area contributed by atoms with Crippen molar-refractivity contribution in [2.24, 2.45) is 0 Å². The molecule has 234 valence electrons. The molecule has 1 atom stereocenters. The number of H-pyrrole nitrogens is 1. The van der Waals surface area contributed by atoms with E-state index < -0.39 is 58.6 Å². The van der Waals surface area contributed by atoms with Crippen LogP contribution in [-0.4, -0.2) is 51.3 Å². The standard InChI is InChI=1S/C29H26F6N4O5/c1-27(2,3)43-26(41)39-8-7-18-19-11-14(5-6-20(19)36-23(18)21(39)13-22(40)42-4)24-37-25(44-38-24)15-9-16(28(30,31)32)12-17(10-15)29(33,34)35/h5-6,9-12,21,36H,7-8,13H2,1-4H3. The van der Waals surface area contributed by atoms with Crippen molar-refractivity contribution in [2.45, 2.75) is 57.6 Å². The van der Waals surface area contributed by atoms with Gasteiger partial charge in [-0.15, -0.1) is 0 Å². The van der Waals surface area contributed by atoms with Crippen molar-refractivity contribution in [1.82, 2.24) is 20.0 Å². The smallest absolute Gasteiger partial charge is 0.416 e. The number of hydrogen-bond acceptors (Lipinski definition) is 7. The number of amides is 1. The fourth-order valence-electron chi connectivity index (χ4n) is 5.03. The summed E-state index contributed by atoms with van der Waals surface area (Å²) in [5.74, 6) is -1.14. The van der Waals surface area contributed by atoms with Gasteiger partial charge in [0.05, 0.1) is 30.7 Å². The van der Waals surface area contributed by atoms with Crippen molar-refractivity contribution in [3.63, 3.8) is 0 Å². The molecule has 2 aromatic heterocycles. The number of fused-ring (bicyclic) bond motifs is 3. The molecule has 0 spiro atoms. The molecule has 2 aromatic carbocycles.